The molecule has 3 aromatic heterocycles. The van der Waals surface area contributed by atoms with E-state index in [0.717, 1.165) is 15.9 Å². The number of urea groups is 1. The van der Waals surface area contributed by atoms with E-state index in [2.05, 4.69) is 20.6 Å². The number of nitrogens with zero attached hydrogens (tertiary/aromatic N) is 3. The van der Waals surface area contributed by atoms with Crippen molar-refractivity contribution in [1.29, 1.82) is 0 Å². The van der Waals surface area contributed by atoms with Crippen LogP contribution >= 0.6 is 11.3 Å². The number of anilines is 1. The maximum Gasteiger partial charge on any atom is 0.321 e. The number of carbonyl (C=O) groups excluding carboxylic acids is 1. The monoisotopic (exact) mass is 379 g/mol. The first kappa shape index (κ1) is 17.9. The number of alkyl halides is 2. The van der Waals surface area contributed by atoms with Gasteiger partial charge in [0.25, 0.3) is 12.0 Å². The largest absolute Gasteiger partial charge is 0.338 e. The van der Waals surface area contributed by atoms with Crippen LogP contribution in [0.25, 0.3) is 21.5 Å². The minimum atomic E-state index is -2.71. The summed E-state index contributed by atoms with van der Waals surface area (Å²) < 4.78 is 27.0. The molecule has 0 aliphatic heterocycles. The number of aromatic nitrogens is 3. The Morgan fingerprint density at radius 1 is 1.42 bits per heavy atom. The summed E-state index contributed by atoms with van der Waals surface area (Å²) in [6, 6.07) is 4.39. The molecule has 2 amide bonds. The predicted octanol–water partition coefficient (Wildman–Crippen LogP) is 2.93. The van der Waals surface area contributed by atoms with Gasteiger partial charge >= 0.3 is 6.03 Å². The number of thiazole rings is 1. The van der Waals surface area contributed by atoms with Crippen molar-refractivity contribution in [2.24, 2.45) is 0 Å². The highest BCUT2D eigenvalue weighted by molar-refractivity contribution is 7.22. The molecule has 26 heavy (non-hydrogen) atoms. The van der Waals surface area contributed by atoms with Crippen LogP contribution in [0.4, 0.5) is 18.7 Å². The second-order valence-electron chi connectivity index (χ2n) is 5.30. The van der Waals surface area contributed by atoms with Gasteiger partial charge < -0.3 is 5.32 Å². The number of rotatable bonds is 5. The van der Waals surface area contributed by atoms with Gasteiger partial charge in [0, 0.05) is 24.5 Å². The van der Waals surface area contributed by atoms with Gasteiger partial charge in [0.15, 0.2) is 5.13 Å². The smallest absolute Gasteiger partial charge is 0.321 e. The Labute approximate surface area is 150 Å². The normalized spacial score (nSPS) is 11.1. The lowest BCUT2D eigenvalue weighted by molar-refractivity contribution is 0.127. The number of hydrogen-bond donors (Lipinski definition) is 2. The van der Waals surface area contributed by atoms with E-state index in [-0.39, 0.29) is 15.5 Å². The number of pyridine rings is 2. The highest BCUT2D eigenvalue weighted by Gasteiger charge is 2.18. The molecule has 0 unspecified atom stereocenters. The highest BCUT2D eigenvalue weighted by atomic mass is 32.1. The van der Waals surface area contributed by atoms with Crippen molar-refractivity contribution in [2.75, 3.05) is 11.9 Å². The van der Waals surface area contributed by atoms with Crippen LogP contribution in [-0.2, 0) is 6.54 Å². The maximum atomic E-state index is 13.0. The lowest BCUT2D eigenvalue weighted by Gasteiger charge is -2.09. The van der Waals surface area contributed by atoms with E-state index in [1.165, 1.54) is 12.3 Å². The van der Waals surface area contributed by atoms with E-state index in [1.807, 2.05) is 0 Å². The van der Waals surface area contributed by atoms with E-state index in [4.69, 9.17) is 0 Å². The molecule has 10 heteroatoms. The molecule has 2 N–H and O–H groups in total. The van der Waals surface area contributed by atoms with Crippen molar-refractivity contribution in [1.82, 2.24) is 19.9 Å². The first-order valence-electron chi connectivity index (χ1n) is 7.77. The van der Waals surface area contributed by atoms with Gasteiger partial charge in [0.1, 0.15) is 10.3 Å². The van der Waals surface area contributed by atoms with Crippen LogP contribution in [0, 0.1) is 0 Å². The zero-order valence-corrected chi connectivity index (χ0v) is 14.5. The summed E-state index contributed by atoms with van der Waals surface area (Å²) in [4.78, 5) is 32.9. The molecule has 0 fully saturated rings. The Hall–Kier alpha value is -2.88. The fourth-order valence-corrected chi connectivity index (χ4v) is 3.38. The third kappa shape index (κ3) is 3.69. The molecule has 0 aliphatic carbocycles. The SMILES string of the molecule is CCNC(=O)Nc1nc2cc(-c3cccnc3)c(=O)n(CC(F)F)c2s1. The number of amides is 2. The first-order chi connectivity index (χ1) is 12.5. The van der Waals surface area contributed by atoms with Gasteiger partial charge in [-0.05, 0) is 19.1 Å². The highest BCUT2D eigenvalue weighted by Crippen LogP contribution is 2.28. The summed E-state index contributed by atoms with van der Waals surface area (Å²) in [7, 11) is 0. The Balaban J connectivity index is 2.14. The first-order valence-corrected chi connectivity index (χ1v) is 8.59. The van der Waals surface area contributed by atoms with Crippen LogP contribution in [0.5, 0.6) is 0 Å². The molecule has 3 aromatic rings. The molecule has 0 aliphatic rings. The van der Waals surface area contributed by atoms with Gasteiger partial charge in [-0.1, -0.05) is 17.4 Å². The topological polar surface area (TPSA) is 88.9 Å². The summed E-state index contributed by atoms with van der Waals surface area (Å²) in [5.74, 6) is 0. The molecule has 0 aromatic carbocycles. The van der Waals surface area contributed by atoms with Gasteiger partial charge in [0.2, 0.25) is 0 Å². The van der Waals surface area contributed by atoms with Crippen LogP contribution in [0.3, 0.4) is 0 Å². The van der Waals surface area contributed by atoms with E-state index in [0.29, 0.717) is 17.6 Å². The van der Waals surface area contributed by atoms with Gasteiger partial charge in [-0.2, -0.15) is 0 Å². The molecule has 0 saturated carbocycles. The van der Waals surface area contributed by atoms with Gasteiger partial charge in [0.05, 0.1) is 12.1 Å². The minimum Gasteiger partial charge on any atom is -0.338 e. The second-order valence-corrected chi connectivity index (χ2v) is 6.28. The number of hydrogen-bond acceptors (Lipinski definition) is 5. The van der Waals surface area contributed by atoms with Crippen LogP contribution in [0.1, 0.15) is 6.92 Å². The lowest BCUT2D eigenvalue weighted by Crippen LogP contribution is -2.28. The quantitative estimate of drug-likeness (QED) is 0.713. The zero-order valence-electron chi connectivity index (χ0n) is 13.7. The third-order valence-electron chi connectivity index (χ3n) is 3.49. The Kier molecular flexibility index (Phi) is 5.21. The van der Waals surface area contributed by atoms with Crippen molar-refractivity contribution in [3.05, 3.63) is 40.9 Å². The number of nitrogens with one attached hydrogen (secondary N) is 2. The van der Waals surface area contributed by atoms with Crippen LogP contribution in [0.15, 0.2) is 35.4 Å². The van der Waals surface area contributed by atoms with E-state index < -0.39 is 24.6 Å². The number of fused-ring (bicyclic) bond motifs is 1. The fourth-order valence-electron chi connectivity index (χ4n) is 2.44. The molecule has 0 spiro atoms. The van der Waals surface area contributed by atoms with Crippen molar-refractivity contribution >= 4 is 32.8 Å². The third-order valence-corrected chi connectivity index (χ3v) is 4.50. The molecule has 0 bridgehead atoms. The molecule has 3 rings (SSSR count). The van der Waals surface area contributed by atoms with Crippen molar-refractivity contribution in [3.63, 3.8) is 0 Å². The minimum absolute atomic E-state index is 0.219. The zero-order chi connectivity index (χ0) is 18.7. The Morgan fingerprint density at radius 2 is 2.23 bits per heavy atom. The van der Waals surface area contributed by atoms with E-state index in [9.17, 15) is 18.4 Å². The van der Waals surface area contributed by atoms with E-state index in [1.54, 1.807) is 25.3 Å². The lowest BCUT2D eigenvalue weighted by atomic mass is 10.1. The van der Waals surface area contributed by atoms with Crippen molar-refractivity contribution < 1.29 is 13.6 Å². The van der Waals surface area contributed by atoms with E-state index >= 15 is 0 Å². The molecular formula is C16H15F2N5O2S. The summed E-state index contributed by atoms with van der Waals surface area (Å²) in [6.45, 7) is 1.43. The molecule has 0 saturated heterocycles. The number of carbonyl (C=O) groups is 1. The summed E-state index contributed by atoms with van der Waals surface area (Å²) >= 11 is 0.969. The maximum absolute atomic E-state index is 13.0. The van der Waals surface area contributed by atoms with Crippen LogP contribution in [-0.4, -0.2) is 33.5 Å². The van der Waals surface area contributed by atoms with Crippen LogP contribution in [0.2, 0.25) is 0 Å². The molecule has 136 valence electrons. The average molecular weight is 379 g/mol. The fraction of sp³-hybridized carbons (Fsp3) is 0.250. The van der Waals surface area contributed by atoms with Crippen molar-refractivity contribution in [2.45, 2.75) is 19.9 Å². The standard InChI is InChI=1S/C16H15F2N5O2S/c1-2-20-15(25)22-16-21-11-6-10(9-4-3-5-19-7-9)13(24)23(8-12(17)18)14(11)26-16/h3-7,12H,2,8H2,1H3,(H2,20,21,22,25). The van der Waals surface area contributed by atoms with Gasteiger partial charge in [-0.15, -0.1) is 0 Å². The number of halogens is 2. The summed E-state index contributed by atoms with van der Waals surface area (Å²) in [5, 5.41) is 5.31. The molecule has 0 radical (unpaired) electrons. The Morgan fingerprint density at radius 3 is 2.88 bits per heavy atom. The van der Waals surface area contributed by atoms with Gasteiger partial charge in [-0.3, -0.25) is 19.7 Å². The van der Waals surface area contributed by atoms with Crippen LogP contribution < -0.4 is 16.2 Å². The summed E-state index contributed by atoms with van der Waals surface area (Å²) in [6.07, 6.45) is 0.328. The van der Waals surface area contributed by atoms with Crippen molar-refractivity contribution in [3.8, 4) is 11.1 Å². The summed E-state index contributed by atoms with van der Waals surface area (Å²) in [5.41, 5.74) is 0.523. The predicted molar refractivity (Wildman–Crippen MR) is 95.8 cm³/mol. The average Bonchev–Trinajstić information content (AvgIpc) is 3.00. The molecular weight excluding hydrogens is 364 g/mol. The van der Waals surface area contributed by atoms with Gasteiger partial charge in [-0.25, -0.2) is 18.6 Å². The molecule has 0 atom stereocenters. The second kappa shape index (κ2) is 7.56. The Bertz CT molecular complexity index is 987. The molecule has 3 heterocycles. The molecule has 7 nitrogen and oxygen atoms in total.